The molecule has 0 atom stereocenters. The van der Waals surface area contributed by atoms with E-state index in [0.29, 0.717) is 26.7 Å². The van der Waals surface area contributed by atoms with Crippen LogP contribution in [0.3, 0.4) is 0 Å². The van der Waals surface area contributed by atoms with Crippen LogP contribution < -0.4 is 10.6 Å². The smallest absolute Gasteiger partial charge is 0.305 e. The highest BCUT2D eigenvalue weighted by atomic mass is 35.5. The molecular formula is C17H13Cl2FN4OS2. The number of aromatic nitrogens is 2. The Bertz CT molecular complexity index is 954. The first-order valence-electron chi connectivity index (χ1n) is 7.68. The normalized spacial score (nSPS) is 10.6. The summed E-state index contributed by atoms with van der Waals surface area (Å²) in [5.41, 5.74) is 1.08. The molecule has 0 aliphatic rings. The van der Waals surface area contributed by atoms with Crippen molar-refractivity contribution in [2.24, 2.45) is 0 Å². The number of carbonyl (C=O) groups is 1. The van der Waals surface area contributed by atoms with Gasteiger partial charge < -0.3 is 5.32 Å². The topological polar surface area (TPSA) is 66.9 Å². The lowest BCUT2D eigenvalue weighted by molar-refractivity contribution is 0.262. The Morgan fingerprint density at radius 3 is 2.70 bits per heavy atom. The predicted molar refractivity (Wildman–Crippen MR) is 110 cm³/mol. The summed E-state index contributed by atoms with van der Waals surface area (Å²) >= 11 is 14.9. The number of hydrogen-bond donors (Lipinski definition) is 2. The molecule has 0 aliphatic carbocycles. The number of benzene rings is 2. The number of hydrogen-bond acceptors (Lipinski definition) is 5. The Kier molecular flexibility index (Phi) is 6.89. The number of anilines is 2. The van der Waals surface area contributed by atoms with E-state index in [4.69, 9.17) is 23.2 Å². The Morgan fingerprint density at radius 2 is 1.93 bits per heavy atom. The van der Waals surface area contributed by atoms with Gasteiger partial charge in [0, 0.05) is 21.6 Å². The fourth-order valence-electron chi connectivity index (χ4n) is 2.06. The molecule has 3 rings (SSSR count). The van der Waals surface area contributed by atoms with Crippen LogP contribution in [0.15, 0.2) is 42.5 Å². The fourth-order valence-corrected chi connectivity index (χ4v) is 4.44. The van der Waals surface area contributed by atoms with E-state index in [9.17, 15) is 9.18 Å². The molecule has 0 fully saturated rings. The van der Waals surface area contributed by atoms with Gasteiger partial charge in [-0.3, -0.25) is 5.32 Å². The molecule has 140 valence electrons. The van der Waals surface area contributed by atoms with Crippen molar-refractivity contribution in [1.82, 2.24) is 10.2 Å². The van der Waals surface area contributed by atoms with E-state index in [1.165, 1.54) is 23.5 Å². The van der Waals surface area contributed by atoms with Crippen LogP contribution in [0.25, 0.3) is 0 Å². The van der Waals surface area contributed by atoms with E-state index in [2.05, 4.69) is 20.8 Å². The second kappa shape index (κ2) is 9.36. The first-order valence-corrected chi connectivity index (χ1v) is 10.4. The number of nitrogens with one attached hydrogen (secondary N) is 2. The first kappa shape index (κ1) is 19.9. The molecule has 0 aliphatic heterocycles. The molecule has 0 radical (unpaired) electrons. The molecule has 2 N–H and O–H groups in total. The van der Waals surface area contributed by atoms with Crippen molar-refractivity contribution in [1.29, 1.82) is 0 Å². The zero-order valence-corrected chi connectivity index (χ0v) is 16.9. The maximum atomic E-state index is 13.5. The quantitative estimate of drug-likeness (QED) is 0.486. The zero-order chi connectivity index (χ0) is 19.2. The van der Waals surface area contributed by atoms with Crippen LogP contribution >= 0.6 is 46.3 Å². The van der Waals surface area contributed by atoms with Crippen LogP contribution in [-0.2, 0) is 11.5 Å². The summed E-state index contributed by atoms with van der Waals surface area (Å²) in [4.78, 5) is 11.9. The number of amides is 2. The van der Waals surface area contributed by atoms with E-state index in [0.717, 1.165) is 10.6 Å². The van der Waals surface area contributed by atoms with Crippen molar-refractivity contribution >= 4 is 63.2 Å². The standard InChI is InChI=1S/C17H13Cl2FN4OS2/c18-11-6-5-10(12(19)7-11)8-26-9-15-23-24-17(27-15)22-16(25)21-14-4-2-1-3-13(14)20/h1-7H,8-9H2,(H2,21,22,24,25). The lowest BCUT2D eigenvalue weighted by atomic mass is 10.2. The van der Waals surface area contributed by atoms with Gasteiger partial charge in [-0.25, -0.2) is 9.18 Å². The lowest BCUT2D eigenvalue weighted by Crippen LogP contribution is -2.19. The minimum atomic E-state index is -0.580. The summed E-state index contributed by atoms with van der Waals surface area (Å²) in [5.74, 6) is 0.808. The minimum Gasteiger partial charge on any atom is -0.305 e. The molecule has 5 nitrogen and oxygen atoms in total. The molecule has 0 saturated carbocycles. The van der Waals surface area contributed by atoms with Gasteiger partial charge in [0.15, 0.2) is 0 Å². The first-order chi connectivity index (χ1) is 13.0. The minimum absolute atomic E-state index is 0.0927. The van der Waals surface area contributed by atoms with Crippen LogP contribution in [0, 0.1) is 5.82 Å². The van der Waals surface area contributed by atoms with Crippen LogP contribution in [0.2, 0.25) is 10.0 Å². The van der Waals surface area contributed by atoms with Gasteiger partial charge in [-0.1, -0.05) is 52.7 Å². The summed E-state index contributed by atoms with van der Waals surface area (Å²) in [7, 11) is 0. The van der Waals surface area contributed by atoms with E-state index in [-0.39, 0.29) is 5.69 Å². The summed E-state index contributed by atoms with van der Waals surface area (Å²) < 4.78 is 13.5. The van der Waals surface area contributed by atoms with Gasteiger partial charge in [0.05, 0.1) is 5.69 Å². The number of halogens is 3. The third-order valence-corrected chi connectivity index (χ3v) is 5.91. The number of urea groups is 1. The van der Waals surface area contributed by atoms with Gasteiger partial charge in [0.1, 0.15) is 10.8 Å². The average Bonchev–Trinajstić information content (AvgIpc) is 3.06. The van der Waals surface area contributed by atoms with Gasteiger partial charge in [0.2, 0.25) is 5.13 Å². The molecule has 1 heterocycles. The van der Waals surface area contributed by atoms with Crippen molar-refractivity contribution in [3.63, 3.8) is 0 Å². The Morgan fingerprint density at radius 1 is 1.11 bits per heavy atom. The molecule has 27 heavy (non-hydrogen) atoms. The van der Waals surface area contributed by atoms with E-state index < -0.39 is 11.8 Å². The summed E-state index contributed by atoms with van der Waals surface area (Å²) in [6, 6.07) is 10.7. The molecule has 2 amide bonds. The van der Waals surface area contributed by atoms with Crippen molar-refractivity contribution in [3.8, 4) is 0 Å². The van der Waals surface area contributed by atoms with Crippen LogP contribution in [0.1, 0.15) is 10.6 Å². The van der Waals surface area contributed by atoms with Crippen molar-refractivity contribution in [2.75, 3.05) is 10.6 Å². The number of thioether (sulfide) groups is 1. The molecule has 10 heteroatoms. The van der Waals surface area contributed by atoms with Gasteiger partial charge in [0.25, 0.3) is 0 Å². The van der Waals surface area contributed by atoms with Crippen LogP contribution in [-0.4, -0.2) is 16.2 Å². The Labute approximate surface area is 173 Å². The lowest BCUT2D eigenvalue weighted by Gasteiger charge is -2.05. The molecule has 0 bridgehead atoms. The van der Waals surface area contributed by atoms with Crippen LogP contribution in [0.5, 0.6) is 0 Å². The van der Waals surface area contributed by atoms with E-state index in [1.807, 2.05) is 6.07 Å². The number of rotatable bonds is 6. The monoisotopic (exact) mass is 442 g/mol. The van der Waals surface area contributed by atoms with E-state index in [1.54, 1.807) is 36.0 Å². The molecule has 0 spiro atoms. The molecular weight excluding hydrogens is 430 g/mol. The third-order valence-electron chi connectivity index (χ3n) is 3.31. The molecule has 3 aromatic rings. The highest BCUT2D eigenvalue weighted by molar-refractivity contribution is 7.97. The van der Waals surface area contributed by atoms with Gasteiger partial charge in [-0.2, -0.15) is 0 Å². The van der Waals surface area contributed by atoms with E-state index >= 15 is 0 Å². The average molecular weight is 443 g/mol. The third kappa shape index (κ3) is 5.80. The highest BCUT2D eigenvalue weighted by Crippen LogP contribution is 2.27. The second-order valence-corrected chi connectivity index (χ2v) is 8.18. The van der Waals surface area contributed by atoms with Gasteiger partial charge >= 0.3 is 6.03 Å². The second-order valence-electron chi connectivity index (χ2n) is 5.29. The van der Waals surface area contributed by atoms with Gasteiger partial charge in [-0.05, 0) is 29.8 Å². The summed E-state index contributed by atoms with van der Waals surface area (Å²) in [6.07, 6.45) is 0. The Hall–Kier alpha value is -1.87. The van der Waals surface area contributed by atoms with Gasteiger partial charge in [-0.15, -0.1) is 22.0 Å². The molecule has 2 aromatic carbocycles. The van der Waals surface area contributed by atoms with Crippen LogP contribution in [0.4, 0.5) is 20.0 Å². The number of carbonyl (C=O) groups excluding carboxylic acids is 1. The largest absolute Gasteiger partial charge is 0.325 e. The molecule has 1 aromatic heterocycles. The molecule has 0 saturated heterocycles. The van der Waals surface area contributed by atoms with Crippen molar-refractivity contribution in [3.05, 3.63) is 68.9 Å². The maximum absolute atomic E-state index is 13.5. The highest BCUT2D eigenvalue weighted by Gasteiger charge is 2.10. The SMILES string of the molecule is O=C(Nc1nnc(CSCc2ccc(Cl)cc2Cl)s1)Nc1ccccc1F. The predicted octanol–water partition coefficient (Wildman–Crippen LogP) is 6.06. The zero-order valence-electron chi connectivity index (χ0n) is 13.7. The van der Waals surface area contributed by atoms with Crippen molar-refractivity contribution in [2.45, 2.75) is 11.5 Å². The number of para-hydroxylation sites is 1. The molecule has 0 unspecified atom stereocenters. The Balaban J connectivity index is 1.49. The van der Waals surface area contributed by atoms with Crippen molar-refractivity contribution < 1.29 is 9.18 Å². The maximum Gasteiger partial charge on any atom is 0.325 e. The summed E-state index contributed by atoms with van der Waals surface area (Å²) in [5, 5.41) is 15.2. The fraction of sp³-hybridized carbons (Fsp3) is 0.118. The summed E-state index contributed by atoms with van der Waals surface area (Å²) in [6.45, 7) is 0. The number of nitrogens with zero attached hydrogens (tertiary/aromatic N) is 2.